The molecule has 24 heavy (non-hydrogen) atoms. The first-order chi connectivity index (χ1) is 11.2. The van der Waals surface area contributed by atoms with Crippen LogP contribution in [0.15, 0.2) is 24.3 Å². The van der Waals surface area contributed by atoms with E-state index in [4.69, 9.17) is 9.47 Å². The summed E-state index contributed by atoms with van der Waals surface area (Å²) in [6.45, 7) is 4.86. The van der Waals surface area contributed by atoms with E-state index in [1.54, 1.807) is 27.9 Å². The molecule has 0 radical (unpaired) electrons. The lowest BCUT2D eigenvalue weighted by Crippen LogP contribution is -2.49. The van der Waals surface area contributed by atoms with Gasteiger partial charge in [0, 0.05) is 12.0 Å². The molecule has 0 saturated carbocycles. The van der Waals surface area contributed by atoms with Crippen LogP contribution >= 0.6 is 0 Å². The molecule has 2 N–H and O–H groups in total. The highest BCUT2D eigenvalue weighted by Crippen LogP contribution is 2.18. The number of para-hydroxylation sites is 1. The Labute approximate surface area is 141 Å². The minimum atomic E-state index is -0.678. The molecule has 0 saturated heterocycles. The fourth-order valence-electron chi connectivity index (χ4n) is 1.90. The minimum absolute atomic E-state index is 0.113. The van der Waals surface area contributed by atoms with Gasteiger partial charge >= 0.3 is 12.0 Å². The van der Waals surface area contributed by atoms with Crippen molar-refractivity contribution in [2.24, 2.45) is 0 Å². The Balaban J connectivity index is 2.33. The van der Waals surface area contributed by atoms with Crippen molar-refractivity contribution >= 4 is 17.9 Å². The molecule has 1 aromatic rings. The van der Waals surface area contributed by atoms with Gasteiger partial charge in [-0.1, -0.05) is 18.2 Å². The average molecular weight is 336 g/mol. The first kappa shape index (κ1) is 19.5. The Bertz CT molecular complexity index is 593. The van der Waals surface area contributed by atoms with Gasteiger partial charge in [-0.15, -0.1) is 0 Å². The highest BCUT2D eigenvalue weighted by Gasteiger charge is 2.16. The molecule has 132 valence electrons. The average Bonchev–Trinajstić information content (AvgIpc) is 2.49. The first-order valence-corrected chi connectivity index (χ1v) is 7.61. The predicted octanol–water partition coefficient (Wildman–Crippen LogP) is 1.80. The molecule has 7 heteroatoms. The molecule has 0 spiro atoms. The second-order valence-electron chi connectivity index (χ2n) is 6.22. The topological polar surface area (TPSA) is 93.7 Å². The molecule has 7 nitrogen and oxygen atoms in total. The number of rotatable bonds is 6. The van der Waals surface area contributed by atoms with Crippen LogP contribution in [-0.4, -0.2) is 37.2 Å². The summed E-state index contributed by atoms with van der Waals surface area (Å²) in [6, 6.07) is 6.73. The van der Waals surface area contributed by atoms with Crippen LogP contribution in [0.25, 0.3) is 0 Å². The number of carbonyl (C=O) groups is 3. The Morgan fingerprint density at radius 3 is 2.42 bits per heavy atom. The number of ether oxygens (including phenoxy) is 2. The van der Waals surface area contributed by atoms with Gasteiger partial charge in [0.1, 0.15) is 5.75 Å². The normalized spacial score (nSPS) is 10.7. The predicted molar refractivity (Wildman–Crippen MR) is 88.7 cm³/mol. The molecule has 0 bridgehead atoms. The van der Waals surface area contributed by atoms with E-state index in [1.165, 1.54) is 0 Å². The van der Waals surface area contributed by atoms with Crippen molar-refractivity contribution in [2.45, 2.75) is 39.2 Å². The van der Waals surface area contributed by atoms with Gasteiger partial charge in [-0.25, -0.2) is 4.79 Å². The van der Waals surface area contributed by atoms with Gasteiger partial charge in [0.15, 0.2) is 6.61 Å². The molecule has 0 unspecified atom stereocenters. The summed E-state index contributed by atoms with van der Waals surface area (Å²) in [5.41, 5.74) is 0.418. The van der Waals surface area contributed by atoms with Gasteiger partial charge in [-0.2, -0.15) is 0 Å². The van der Waals surface area contributed by atoms with E-state index in [-0.39, 0.29) is 6.42 Å². The SMILES string of the molecule is COc1ccccc1CCC(=O)OCC(=O)NC(=O)NC(C)(C)C. The van der Waals surface area contributed by atoms with Gasteiger partial charge in [-0.3, -0.25) is 14.9 Å². The molecule has 0 atom stereocenters. The molecule has 0 aromatic heterocycles. The summed E-state index contributed by atoms with van der Waals surface area (Å²) in [5, 5.41) is 4.67. The Hall–Kier alpha value is -2.57. The van der Waals surface area contributed by atoms with Crippen molar-refractivity contribution in [1.82, 2.24) is 10.6 Å². The standard InChI is InChI=1S/C17H24N2O5/c1-17(2,3)19-16(22)18-14(20)11-24-15(21)10-9-12-7-5-6-8-13(12)23-4/h5-8H,9-11H2,1-4H3,(H2,18,19,20,22). The molecule has 0 heterocycles. The number of methoxy groups -OCH3 is 1. The van der Waals surface area contributed by atoms with Crippen LogP contribution < -0.4 is 15.4 Å². The second-order valence-corrected chi connectivity index (χ2v) is 6.22. The number of imide groups is 1. The van der Waals surface area contributed by atoms with Gasteiger partial charge in [0.2, 0.25) is 0 Å². The number of aryl methyl sites for hydroxylation is 1. The van der Waals surface area contributed by atoms with Gasteiger partial charge < -0.3 is 14.8 Å². The molecule has 0 fully saturated rings. The summed E-state index contributed by atoms with van der Waals surface area (Å²) >= 11 is 0. The highest BCUT2D eigenvalue weighted by molar-refractivity contribution is 5.95. The Morgan fingerprint density at radius 2 is 1.79 bits per heavy atom. The zero-order chi connectivity index (χ0) is 18.2. The van der Waals surface area contributed by atoms with Gasteiger partial charge in [-0.05, 0) is 38.8 Å². The lowest BCUT2D eigenvalue weighted by Gasteiger charge is -2.20. The van der Waals surface area contributed by atoms with Gasteiger partial charge in [0.25, 0.3) is 5.91 Å². The first-order valence-electron chi connectivity index (χ1n) is 7.61. The van der Waals surface area contributed by atoms with E-state index in [9.17, 15) is 14.4 Å². The van der Waals surface area contributed by atoms with Crippen LogP contribution in [0.1, 0.15) is 32.8 Å². The number of hydrogen-bond donors (Lipinski definition) is 2. The lowest BCUT2D eigenvalue weighted by atomic mass is 10.1. The maximum Gasteiger partial charge on any atom is 0.321 e. The number of amides is 3. The second kappa shape index (κ2) is 8.90. The summed E-state index contributed by atoms with van der Waals surface area (Å²) in [7, 11) is 1.56. The molecule has 0 aliphatic heterocycles. The molecule has 3 amide bonds. The lowest BCUT2D eigenvalue weighted by molar-refractivity contribution is -0.148. The van der Waals surface area contributed by atoms with Crippen molar-refractivity contribution in [2.75, 3.05) is 13.7 Å². The van der Waals surface area contributed by atoms with Crippen molar-refractivity contribution < 1.29 is 23.9 Å². The Morgan fingerprint density at radius 1 is 1.12 bits per heavy atom. The maximum atomic E-state index is 11.7. The van der Waals surface area contributed by atoms with E-state index in [0.29, 0.717) is 12.2 Å². The highest BCUT2D eigenvalue weighted by atomic mass is 16.5. The molecule has 0 aliphatic rings. The zero-order valence-corrected chi connectivity index (χ0v) is 14.5. The van der Waals surface area contributed by atoms with Crippen LogP contribution in [0.5, 0.6) is 5.75 Å². The third kappa shape index (κ3) is 7.62. The molecule has 1 aromatic carbocycles. The van der Waals surface area contributed by atoms with E-state index in [0.717, 1.165) is 5.56 Å². The monoisotopic (exact) mass is 336 g/mol. The van der Waals surface area contributed by atoms with Crippen LogP contribution in [0.4, 0.5) is 4.79 Å². The summed E-state index contributed by atoms with van der Waals surface area (Å²) in [5.74, 6) is -0.503. The van der Waals surface area contributed by atoms with Crippen molar-refractivity contribution in [3.63, 3.8) is 0 Å². The molecular weight excluding hydrogens is 312 g/mol. The largest absolute Gasteiger partial charge is 0.496 e. The van der Waals surface area contributed by atoms with Crippen LogP contribution in [-0.2, 0) is 20.7 Å². The fourth-order valence-corrected chi connectivity index (χ4v) is 1.90. The van der Waals surface area contributed by atoms with E-state index in [1.807, 2.05) is 24.3 Å². The molecular formula is C17H24N2O5. The number of urea groups is 1. The smallest absolute Gasteiger partial charge is 0.321 e. The van der Waals surface area contributed by atoms with Crippen molar-refractivity contribution in [1.29, 1.82) is 0 Å². The van der Waals surface area contributed by atoms with E-state index in [2.05, 4.69) is 10.6 Å². The van der Waals surface area contributed by atoms with Crippen LogP contribution in [0, 0.1) is 0 Å². The summed E-state index contributed by atoms with van der Waals surface area (Å²) in [4.78, 5) is 34.7. The number of esters is 1. The van der Waals surface area contributed by atoms with Crippen molar-refractivity contribution in [3.05, 3.63) is 29.8 Å². The quantitative estimate of drug-likeness (QED) is 0.773. The summed E-state index contributed by atoms with van der Waals surface area (Å²) < 4.78 is 10.1. The number of hydrogen-bond acceptors (Lipinski definition) is 5. The molecule has 0 aliphatic carbocycles. The van der Waals surface area contributed by atoms with E-state index >= 15 is 0 Å². The summed E-state index contributed by atoms with van der Waals surface area (Å²) in [6.07, 6.45) is 0.552. The fraction of sp³-hybridized carbons (Fsp3) is 0.471. The number of nitrogens with one attached hydrogen (secondary N) is 2. The van der Waals surface area contributed by atoms with Crippen LogP contribution in [0.2, 0.25) is 0 Å². The number of benzene rings is 1. The number of carbonyl (C=O) groups excluding carboxylic acids is 3. The third-order valence-electron chi connectivity index (χ3n) is 2.90. The molecule has 1 rings (SSSR count). The maximum absolute atomic E-state index is 11.7. The Kier molecular flexibility index (Phi) is 7.23. The minimum Gasteiger partial charge on any atom is -0.496 e. The third-order valence-corrected chi connectivity index (χ3v) is 2.90. The van der Waals surface area contributed by atoms with Gasteiger partial charge in [0.05, 0.1) is 7.11 Å². The van der Waals surface area contributed by atoms with Crippen molar-refractivity contribution in [3.8, 4) is 5.75 Å². The zero-order valence-electron chi connectivity index (χ0n) is 14.5. The van der Waals surface area contributed by atoms with E-state index < -0.39 is 30.1 Å². The van der Waals surface area contributed by atoms with Crippen LogP contribution in [0.3, 0.4) is 0 Å².